The van der Waals surface area contributed by atoms with Gasteiger partial charge >= 0.3 is 0 Å². The lowest BCUT2D eigenvalue weighted by Gasteiger charge is -2.06. The zero-order chi connectivity index (χ0) is 13.2. The van der Waals surface area contributed by atoms with Crippen molar-refractivity contribution in [2.75, 3.05) is 7.11 Å². The maximum atomic E-state index is 13.6. The van der Waals surface area contributed by atoms with Gasteiger partial charge in [-0.05, 0) is 24.3 Å². The lowest BCUT2D eigenvalue weighted by molar-refractivity contribution is 0.396. The van der Waals surface area contributed by atoms with Gasteiger partial charge in [0.05, 0.1) is 24.9 Å². The molecular formula is C15H13FN2O. The Morgan fingerprint density at radius 3 is 2.84 bits per heavy atom. The van der Waals surface area contributed by atoms with E-state index in [1.165, 1.54) is 6.07 Å². The van der Waals surface area contributed by atoms with Crippen molar-refractivity contribution in [2.45, 2.75) is 6.54 Å². The summed E-state index contributed by atoms with van der Waals surface area (Å²) in [4.78, 5) is 4.36. The van der Waals surface area contributed by atoms with Crippen molar-refractivity contribution >= 4 is 10.9 Å². The predicted molar refractivity (Wildman–Crippen MR) is 71.8 cm³/mol. The number of nitrogens with zero attached hydrogens (tertiary/aromatic N) is 2. The molecule has 0 spiro atoms. The number of fused-ring (bicyclic) bond motifs is 1. The molecule has 0 fully saturated rings. The standard InChI is InChI=1S/C15H13FN2O/c1-19-15-7-2-4-11(17-15)10-18-9-8-12-13(16)5-3-6-14(12)18/h2-9H,10H2,1H3. The van der Waals surface area contributed by atoms with Gasteiger partial charge in [0.15, 0.2) is 0 Å². The Labute approximate surface area is 110 Å². The summed E-state index contributed by atoms with van der Waals surface area (Å²) in [6.45, 7) is 0.587. The SMILES string of the molecule is COc1cccc(Cn2ccc3c(F)cccc32)n1. The maximum absolute atomic E-state index is 13.6. The molecule has 0 aliphatic carbocycles. The van der Waals surface area contributed by atoms with E-state index in [1.54, 1.807) is 25.3 Å². The van der Waals surface area contributed by atoms with Gasteiger partial charge in [0, 0.05) is 17.6 Å². The van der Waals surface area contributed by atoms with Gasteiger partial charge in [-0.15, -0.1) is 0 Å². The van der Waals surface area contributed by atoms with E-state index in [1.807, 2.05) is 29.0 Å². The van der Waals surface area contributed by atoms with Crippen molar-refractivity contribution < 1.29 is 9.13 Å². The smallest absolute Gasteiger partial charge is 0.213 e. The molecule has 3 nitrogen and oxygen atoms in total. The highest BCUT2D eigenvalue weighted by molar-refractivity contribution is 5.80. The van der Waals surface area contributed by atoms with Crippen LogP contribution >= 0.6 is 0 Å². The Balaban J connectivity index is 1.99. The van der Waals surface area contributed by atoms with Crippen LogP contribution in [-0.2, 0) is 6.54 Å². The summed E-state index contributed by atoms with van der Waals surface area (Å²) in [6.07, 6.45) is 1.87. The second kappa shape index (κ2) is 4.72. The number of pyridine rings is 1. The Morgan fingerprint density at radius 2 is 2.00 bits per heavy atom. The molecule has 0 radical (unpaired) electrons. The topological polar surface area (TPSA) is 27.1 Å². The van der Waals surface area contributed by atoms with E-state index in [-0.39, 0.29) is 5.82 Å². The molecule has 0 N–H and O–H groups in total. The van der Waals surface area contributed by atoms with Crippen molar-refractivity contribution in [3.05, 3.63) is 60.2 Å². The van der Waals surface area contributed by atoms with Crippen molar-refractivity contribution in [2.24, 2.45) is 0 Å². The summed E-state index contributed by atoms with van der Waals surface area (Å²) < 4.78 is 20.7. The summed E-state index contributed by atoms with van der Waals surface area (Å²) in [5.74, 6) is 0.384. The van der Waals surface area contributed by atoms with Crippen LogP contribution in [0.15, 0.2) is 48.7 Å². The molecule has 2 aromatic heterocycles. The van der Waals surface area contributed by atoms with Gasteiger partial charge in [0.2, 0.25) is 5.88 Å². The van der Waals surface area contributed by atoms with E-state index in [0.717, 1.165) is 11.2 Å². The Hall–Kier alpha value is -2.36. The van der Waals surface area contributed by atoms with Gasteiger partial charge in [0.25, 0.3) is 0 Å². The van der Waals surface area contributed by atoms with Crippen LogP contribution in [0.2, 0.25) is 0 Å². The van der Waals surface area contributed by atoms with Crippen LogP contribution < -0.4 is 4.74 Å². The van der Waals surface area contributed by atoms with Crippen LogP contribution in [-0.4, -0.2) is 16.7 Å². The average Bonchev–Trinajstić information content (AvgIpc) is 2.84. The van der Waals surface area contributed by atoms with Gasteiger partial charge < -0.3 is 9.30 Å². The fourth-order valence-corrected chi connectivity index (χ4v) is 2.16. The first-order valence-corrected chi connectivity index (χ1v) is 6.01. The highest BCUT2D eigenvalue weighted by Crippen LogP contribution is 2.20. The van der Waals surface area contributed by atoms with Gasteiger partial charge in [-0.25, -0.2) is 9.37 Å². The van der Waals surface area contributed by atoms with Crippen molar-refractivity contribution in [1.82, 2.24) is 9.55 Å². The van der Waals surface area contributed by atoms with E-state index in [4.69, 9.17) is 4.74 Å². The molecule has 0 unspecified atom stereocenters. The van der Waals surface area contributed by atoms with Crippen LogP contribution in [0.3, 0.4) is 0 Å². The summed E-state index contributed by atoms with van der Waals surface area (Å²) >= 11 is 0. The van der Waals surface area contributed by atoms with E-state index >= 15 is 0 Å². The second-order valence-corrected chi connectivity index (χ2v) is 4.29. The molecule has 0 aliphatic heterocycles. The molecule has 0 aliphatic rings. The first kappa shape index (κ1) is 11.7. The molecule has 3 rings (SSSR count). The van der Waals surface area contributed by atoms with Crippen LogP contribution in [0.1, 0.15) is 5.69 Å². The summed E-state index contributed by atoms with van der Waals surface area (Å²) in [5, 5.41) is 0.630. The quantitative estimate of drug-likeness (QED) is 0.719. The molecule has 0 saturated carbocycles. The van der Waals surface area contributed by atoms with E-state index in [9.17, 15) is 4.39 Å². The largest absolute Gasteiger partial charge is 0.481 e. The Bertz CT molecular complexity index is 721. The molecule has 4 heteroatoms. The molecule has 0 saturated heterocycles. The molecule has 96 valence electrons. The number of aromatic nitrogens is 2. The highest BCUT2D eigenvalue weighted by Gasteiger charge is 2.06. The normalized spacial score (nSPS) is 10.8. The minimum absolute atomic E-state index is 0.199. The molecule has 0 atom stereocenters. The van der Waals surface area contributed by atoms with Gasteiger partial charge in [-0.2, -0.15) is 0 Å². The van der Waals surface area contributed by atoms with E-state index in [0.29, 0.717) is 17.8 Å². The van der Waals surface area contributed by atoms with Crippen molar-refractivity contribution in [3.8, 4) is 5.88 Å². The summed E-state index contributed by atoms with van der Waals surface area (Å²) in [6, 6.07) is 12.5. The molecule has 0 bridgehead atoms. The molecule has 19 heavy (non-hydrogen) atoms. The first-order chi connectivity index (χ1) is 9.28. The number of halogens is 1. The third-order valence-electron chi connectivity index (χ3n) is 3.08. The molecule has 3 aromatic rings. The molecular weight excluding hydrogens is 243 g/mol. The number of rotatable bonds is 3. The van der Waals surface area contributed by atoms with Gasteiger partial charge in [-0.1, -0.05) is 12.1 Å². The van der Waals surface area contributed by atoms with Crippen LogP contribution in [0, 0.1) is 5.82 Å². The number of hydrogen-bond donors (Lipinski definition) is 0. The van der Waals surface area contributed by atoms with Crippen LogP contribution in [0.5, 0.6) is 5.88 Å². The zero-order valence-electron chi connectivity index (χ0n) is 10.5. The molecule has 2 heterocycles. The molecule has 1 aromatic carbocycles. The average molecular weight is 256 g/mol. The fourth-order valence-electron chi connectivity index (χ4n) is 2.16. The minimum atomic E-state index is -0.199. The Morgan fingerprint density at radius 1 is 1.16 bits per heavy atom. The van der Waals surface area contributed by atoms with Crippen molar-refractivity contribution in [1.29, 1.82) is 0 Å². The molecule has 0 amide bonds. The maximum Gasteiger partial charge on any atom is 0.213 e. The Kier molecular flexibility index (Phi) is 2.91. The van der Waals surface area contributed by atoms with Crippen molar-refractivity contribution in [3.63, 3.8) is 0 Å². The minimum Gasteiger partial charge on any atom is -0.481 e. The van der Waals surface area contributed by atoms with Gasteiger partial charge in [-0.3, -0.25) is 0 Å². The zero-order valence-corrected chi connectivity index (χ0v) is 10.5. The van der Waals surface area contributed by atoms with E-state index < -0.39 is 0 Å². The third-order valence-corrected chi connectivity index (χ3v) is 3.08. The second-order valence-electron chi connectivity index (χ2n) is 4.29. The first-order valence-electron chi connectivity index (χ1n) is 6.01. The monoisotopic (exact) mass is 256 g/mol. The number of ether oxygens (including phenoxy) is 1. The van der Waals surface area contributed by atoms with Crippen LogP contribution in [0.25, 0.3) is 10.9 Å². The van der Waals surface area contributed by atoms with Crippen LogP contribution in [0.4, 0.5) is 4.39 Å². The lowest BCUT2D eigenvalue weighted by atomic mass is 10.2. The summed E-state index contributed by atoms with van der Waals surface area (Å²) in [7, 11) is 1.59. The highest BCUT2D eigenvalue weighted by atomic mass is 19.1. The number of benzene rings is 1. The number of methoxy groups -OCH3 is 1. The predicted octanol–water partition coefficient (Wildman–Crippen LogP) is 3.23. The summed E-state index contributed by atoms with van der Waals surface area (Å²) in [5.41, 5.74) is 1.74. The fraction of sp³-hybridized carbons (Fsp3) is 0.133. The van der Waals surface area contributed by atoms with E-state index in [2.05, 4.69) is 4.98 Å². The lowest BCUT2D eigenvalue weighted by Crippen LogP contribution is -2.01. The third kappa shape index (κ3) is 2.17. The number of hydrogen-bond acceptors (Lipinski definition) is 2. The van der Waals surface area contributed by atoms with Gasteiger partial charge in [0.1, 0.15) is 5.82 Å².